The minimum absolute atomic E-state index is 0.265. The molecule has 0 saturated heterocycles. The van der Waals surface area contributed by atoms with E-state index in [4.69, 9.17) is 0 Å². The Morgan fingerprint density at radius 2 is 1.05 bits per heavy atom. The lowest BCUT2D eigenvalue weighted by Gasteiger charge is -2.18. The molecule has 4 rings (SSSR count). The Labute approximate surface area is 163 Å². The zero-order valence-corrected chi connectivity index (χ0v) is 17.7. The third kappa shape index (κ3) is 3.57. The normalized spacial score (nSPS) is 35.2. The standard InChI is InChI=1S/C12H12O2S8/c13-1-5-3-15-7-9(17-5)21-11(19-7)12-20-8-10(22-12)18-6(2-14)4-16-8/h5-6,13-14H,1-4H2/b12-11-. The summed E-state index contributed by atoms with van der Waals surface area (Å²) in [4.78, 5) is 0. The number of rotatable bonds is 2. The van der Waals surface area contributed by atoms with E-state index >= 15 is 0 Å². The van der Waals surface area contributed by atoms with Crippen molar-refractivity contribution < 1.29 is 10.2 Å². The molecule has 0 radical (unpaired) electrons. The Kier molecular flexibility index (Phi) is 6.05. The third-order valence-electron chi connectivity index (χ3n) is 3.00. The number of hydrogen-bond donors (Lipinski definition) is 2. The molecule has 0 aromatic rings. The van der Waals surface area contributed by atoms with Gasteiger partial charge in [-0.25, -0.2) is 0 Å². The Balaban J connectivity index is 1.46. The number of thioether (sulfide) groups is 8. The molecule has 0 aromatic heterocycles. The van der Waals surface area contributed by atoms with Gasteiger partial charge >= 0.3 is 0 Å². The van der Waals surface area contributed by atoms with Crippen molar-refractivity contribution in [3.05, 3.63) is 25.4 Å². The zero-order valence-electron chi connectivity index (χ0n) is 11.1. The summed E-state index contributed by atoms with van der Waals surface area (Å²) in [6.45, 7) is 0.529. The summed E-state index contributed by atoms with van der Waals surface area (Å²) >= 11 is 15.0. The summed E-state index contributed by atoms with van der Waals surface area (Å²) in [7, 11) is 0. The zero-order chi connectivity index (χ0) is 15.1. The van der Waals surface area contributed by atoms with Crippen molar-refractivity contribution in [2.75, 3.05) is 24.7 Å². The van der Waals surface area contributed by atoms with Crippen LogP contribution in [-0.2, 0) is 0 Å². The van der Waals surface area contributed by atoms with Gasteiger partial charge in [-0.15, -0.1) is 47.0 Å². The Bertz CT molecular complexity index is 534. The molecule has 2 unspecified atom stereocenters. The van der Waals surface area contributed by atoms with Crippen LogP contribution in [0.25, 0.3) is 0 Å². The van der Waals surface area contributed by atoms with Crippen LogP contribution in [0.3, 0.4) is 0 Å². The van der Waals surface area contributed by atoms with Gasteiger partial charge in [0.05, 0.1) is 38.6 Å². The van der Waals surface area contributed by atoms with Crippen LogP contribution in [0.15, 0.2) is 25.4 Å². The van der Waals surface area contributed by atoms with Crippen molar-refractivity contribution in [2.24, 2.45) is 0 Å². The van der Waals surface area contributed by atoms with Crippen LogP contribution in [0.2, 0.25) is 0 Å². The Morgan fingerprint density at radius 1 is 0.636 bits per heavy atom. The minimum atomic E-state index is 0.265. The van der Waals surface area contributed by atoms with Crippen LogP contribution in [-0.4, -0.2) is 45.4 Å². The lowest BCUT2D eigenvalue weighted by atomic mass is 10.5. The summed E-state index contributed by atoms with van der Waals surface area (Å²) < 4.78 is 8.39. The average Bonchev–Trinajstić information content (AvgIpc) is 3.16. The molecule has 0 amide bonds. The average molecular weight is 445 g/mol. The molecule has 0 aromatic carbocycles. The monoisotopic (exact) mass is 444 g/mol. The van der Waals surface area contributed by atoms with E-state index < -0.39 is 0 Å². The highest BCUT2D eigenvalue weighted by molar-refractivity contribution is 8.45. The third-order valence-corrected chi connectivity index (χ3v) is 15.6. The van der Waals surface area contributed by atoms with E-state index in [-0.39, 0.29) is 13.2 Å². The van der Waals surface area contributed by atoms with Crippen molar-refractivity contribution in [3.63, 3.8) is 0 Å². The van der Waals surface area contributed by atoms with Crippen LogP contribution >= 0.6 is 94.1 Å². The van der Waals surface area contributed by atoms with Gasteiger partial charge in [0, 0.05) is 22.0 Å². The van der Waals surface area contributed by atoms with Crippen LogP contribution in [0, 0.1) is 0 Å². The summed E-state index contributed by atoms with van der Waals surface area (Å²) in [6, 6.07) is 0. The predicted octanol–water partition coefficient (Wildman–Crippen LogP) is 5.01. The molecule has 2 nitrogen and oxygen atoms in total. The fraction of sp³-hybridized carbons (Fsp3) is 0.500. The van der Waals surface area contributed by atoms with Gasteiger partial charge in [-0.05, 0) is 0 Å². The van der Waals surface area contributed by atoms with Crippen LogP contribution in [0.5, 0.6) is 0 Å². The van der Waals surface area contributed by atoms with E-state index in [1.54, 1.807) is 0 Å². The molecule has 4 aliphatic rings. The SMILES string of the molecule is OCC1CSC2=C(S/C(=C3/SC4=C(S3)SC(CO)CS4)S2)S1. The molecule has 0 spiro atoms. The van der Waals surface area contributed by atoms with Crippen molar-refractivity contribution in [3.8, 4) is 0 Å². The van der Waals surface area contributed by atoms with Crippen molar-refractivity contribution in [2.45, 2.75) is 10.5 Å². The molecule has 4 heterocycles. The molecule has 2 atom stereocenters. The van der Waals surface area contributed by atoms with Crippen LogP contribution in [0.1, 0.15) is 0 Å². The molecule has 0 aliphatic carbocycles. The molecular weight excluding hydrogens is 433 g/mol. The van der Waals surface area contributed by atoms with Gasteiger partial charge in [0.25, 0.3) is 0 Å². The van der Waals surface area contributed by atoms with Crippen LogP contribution in [0.4, 0.5) is 0 Å². The van der Waals surface area contributed by atoms with Gasteiger partial charge in [-0.3, -0.25) is 0 Å². The summed E-state index contributed by atoms with van der Waals surface area (Å²) in [6.07, 6.45) is 0. The highest BCUT2D eigenvalue weighted by Gasteiger charge is 2.35. The topological polar surface area (TPSA) is 40.5 Å². The molecule has 0 bridgehead atoms. The first-order valence-corrected chi connectivity index (χ1v) is 13.5. The van der Waals surface area contributed by atoms with Gasteiger partial charge in [0.1, 0.15) is 0 Å². The maximum absolute atomic E-state index is 9.35. The van der Waals surface area contributed by atoms with E-state index in [0.717, 1.165) is 11.5 Å². The van der Waals surface area contributed by atoms with Gasteiger partial charge in [-0.1, -0.05) is 47.0 Å². The second-order valence-electron chi connectivity index (χ2n) is 4.60. The molecule has 0 fully saturated rings. The van der Waals surface area contributed by atoms with Crippen molar-refractivity contribution >= 4 is 94.1 Å². The molecule has 22 heavy (non-hydrogen) atoms. The van der Waals surface area contributed by atoms with Gasteiger partial charge in [0.2, 0.25) is 0 Å². The van der Waals surface area contributed by atoms with E-state index in [9.17, 15) is 10.2 Å². The largest absolute Gasteiger partial charge is 0.395 e. The number of aliphatic hydroxyl groups is 2. The quantitative estimate of drug-likeness (QED) is 0.607. The number of hydrogen-bond acceptors (Lipinski definition) is 10. The summed E-state index contributed by atoms with van der Waals surface area (Å²) in [5.41, 5.74) is 0. The maximum Gasteiger partial charge on any atom is 0.0717 e. The second kappa shape index (κ2) is 7.67. The highest BCUT2D eigenvalue weighted by Crippen LogP contribution is 2.68. The highest BCUT2D eigenvalue weighted by atomic mass is 32.3. The van der Waals surface area contributed by atoms with Crippen LogP contribution < -0.4 is 0 Å². The molecule has 10 heteroatoms. The molecule has 120 valence electrons. The smallest absolute Gasteiger partial charge is 0.0717 e. The van der Waals surface area contributed by atoms with Gasteiger partial charge in [-0.2, -0.15) is 0 Å². The summed E-state index contributed by atoms with van der Waals surface area (Å²) in [5.74, 6) is 2.02. The molecule has 4 aliphatic heterocycles. The van der Waals surface area contributed by atoms with E-state index in [2.05, 4.69) is 0 Å². The van der Waals surface area contributed by atoms with Crippen molar-refractivity contribution in [1.82, 2.24) is 0 Å². The first-order valence-electron chi connectivity index (χ1n) is 6.51. The molecular formula is C12H12O2S8. The van der Waals surface area contributed by atoms with Crippen molar-refractivity contribution in [1.29, 1.82) is 0 Å². The maximum atomic E-state index is 9.35. The first kappa shape index (κ1) is 17.4. The summed E-state index contributed by atoms with van der Waals surface area (Å²) in [5, 5.41) is 19.4. The van der Waals surface area contributed by atoms with Gasteiger partial charge < -0.3 is 10.2 Å². The van der Waals surface area contributed by atoms with E-state index in [0.29, 0.717) is 10.5 Å². The number of aliphatic hydroxyl groups excluding tert-OH is 2. The predicted molar refractivity (Wildman–Crippen MR) is 113 cm³/mol. The van der Waals surface area contributed by atoms with E-state index in [1.807, 2.05) is 94.1 Å². The fourth-order valence-corrected chi connectivity index (χ4v) is 14.6. The lowest BCUT2D eigenvalue weighted by molar-refractivity contribution is 0.301. The Hall–Kier alpha value is 1.94. The molecule has 0 saturated carbocycles. The lowest BCUT2D eigenvalue weighted by Crippen LogP contribution is -2.13. The second-order valence-corrected chi connectivity index (χ2v) is 14.9. The van der Waals surface area contributed by atoms with Gasteiger partial charge in [0.15, 0.2) is 0 Å². The van der Waals surface area contributed by atoms with E-state index in [1.165, 1.54) is 25.4 Å². The minimum Gasteiger partial charge on any atom is -0.395 e. The Morgan fingerprint density at radius 3 is 1.45 bits per heavy atom. The fourth-order valence-electron chi connectivity index (χ4n) is 1.92. The first-order chi connectivity index (χ1) is 10.8. The molecule has 2 N–H and O–H groups in total.